The zero-order chi connectivity index (χ0) is 9.97. The monoisotopic (exact) mass is 193 g/mol. The highest BCUT2D eigenvalue weighted by molar-refractivity contribution is 5.90. The van der Waals surface area contributed by atoms with Crippen LogP contribution < -0.4 is 5.32 Å². The standard InChI is InChI=1S/C10H11NO3/c1-13-10(12)7-2-3-8-5-14-6-11-9(8)4-7/h2-4,11H,5-6H2,1H3. The van der Waals surface area contributed by atoms with E-state index < -0.39 is 0 Å². The Morgan fingerprint density at radius 1 is 1.57 bits per heavy atom. The predicted octanol–water partition coefficient (Wildman–Crippen LogP) is 1.37. The maximum absolute atomic E-state index is 11.2. The molecular weight excluding hydrogens is 182 g/mol. The minimum Gasteiger partial charge on any atom is -0.465 e. The second-order valence-electron chi connectivity index (χ2n) is 3.03. The molecular formula is C10H11NO3. The van der Waals surface area contributed by atoms with Crippen molar-refractivity contribution in [3.8, 4) is 0 Å². The van der Waals surface area contributed by atoms with Crippen molar-refractivity contribution in [2.75, 3.05) is 19.2 Å². The minimum atomic E-state index is -0.318. The molecule has 2 rings (SSSR count). The number of nitrogens with one attached hydrogen (secondary N) is 1. The fourth-order valence-electron chi connectivity index (χ4n) is 1.40. The first-order chi connectivity index (χ1) is 6.81. The Hall–Kier alpha value is -1.55. The van der Waals surface area contributed by atoms with E-state index in [0.29, 0.717) is 18.9 Å². The fourth-order valence-corrected chi connectivity index (χ4v) is 1.40. The van der Waals surface area contributed by atoms with Gasteiger partial charge >= 0.3 is 5.97 Å². The van der Waals surface area contributed by atoms with Gasteiger partial charge in [-0.15, -0.1) is 0 Å². The number of carbonyl (C=O) groups is 1. The summed E-state index contributed by atoms with van der Waals surface area (Å²) in [7, 11) is 1.37. The van der Waals surface area contributed by atoms with Crippen LogP contribution in [0.25, 0.3) is 0 Å². The van der Waals surface area contributed by atoms with E-state index in [4.69, 9.17) is 4.74 Å². The van der Waals surface area contributed by atoms with E-state index in [9.17, 15) is 4.79 Å². The van der Waals surface area contributed by atoms with Gasteiger partial charge in [0.2, 0.25) is 0 Å². The molecule has 0 unspecified atom stereocenters. The number of benzene rings is 1. The van der Waals surface area contributed by atoms with Crippen LogP contribution in [0.5, 0.6) is 0 Å². The van der Waals surface area contributed by atoms with Gasteiger partial charge in [-0.05, 0) is 12.1 Å². The van der Waals surface area contributed by atoms with Crippen molar-refractivity contribution in [3.63, 3.8) is 0 Å². The molecule has 0 spiro atoms. The quantitative estimate of drug-likeness (QED) is 0.684. The molecule has 0 atom stereocenters. The van der Waals surface area contributed by atoms with E-state index in [2.05, 4.69) is 10.1 Å². The molecule has 14 heavy (non-hydrogen) atoms. The van der Waals surface area contributed by atoms with E-state index in [1.54, 1.807) is 12.1 Å². The van der Waals surface area contributed by atoms with Crippen LogP contribution in [-0.4, -0.2) is 19.8 Å². The summed E-state index contributed by atoms with van der Waals surface area (Å²) in [5.74, 6) is -0.318. The lowest BCUT2D eigenvalue weighted by molar-refractivity contribution is 0.0600. The second kappa shape index (κ2) is 3.67. The average molecular weight is 193 g/mol. The molecule has 4 nitrogen and oxygen atoms in total. The number of rotatable bonds is 1. The molecule has 1 N–H and O–H groups in total. The van der Waals surface area contributed by atoms with Crippen molar-refractivity contribution in [1.82, 2.24) is 0 Å². The van der Waals surface area contributed by atoms with Gasteiger partial charge in [0, 0.05) is 11.3 Å². The van der Waals surface area contributed by atoms with Crippen LogP contribution in [0.2, 0.25) is 0 Å². The molecule has 0 saturated heterocycles. The maximum atomic E-state index is 11.2. The molecule has 0 saturated carbocycles. The summed E-state index contributed by atoms with van der Waals surface area (Å²) in [5, 5.41) is 3.05. The largest absolute Gasteiger partial charge is 0.465 e. The van der Waals surface area contributed by atoms with Crippen LogP contribution in [0.1, 0.15) is 15.9 Å². The topological polar surface area (TPSA) is 47.6 Å². The molecule has 0 amide bonds. The van der Waals surface area contributed by atoms with Gasteiger partial charge in [-0.1, -0.05) is 6.07 Å². The first-order valence-electron chi connectivity index (χ1n) is 4.34. The van der Waals surface area contributed by atoms with E-state index in [0.717, 1.165) is 11.3 Å². The molecule has 0 fully saturated rings. The Morgan fingerprint density at radius 3 is 3.21 bits per heavy atom. The lowest BCUT2D eigenvalue weighted by Gasteiger charge is -2.18. The summed E-state index contributed by atoms with van der Waals surface area (Å²) in [4.78, 5) is 11.2. The summed E-state index contributed by atoms with van der Waals surface area (Å²) >= 11 is 0. The fraction of sp³-hybridized carbons (Fsp3) is 0.300. The third-order valence-electron chi connectivity index (χ3n) is 2.15. The first-order valence-corrected chi connectivity index (χ1v) is 4.34. The Labute approximate surface area is 81.8 Å². The van der Waals surface area contributed by atoms with Crippen molar-refractivity contribution < 1.29 is 14.3 Å². The number of methoxy groups -OCH3 is 1. The molecule has 1 aliphatic rings. The molecule has 0 aromatic heterocycles. The van der Waals surface area contributed by atoms with Crippen molar-refractivity contribution >= 4 is 11.7 Å². The number of fused-ring (bicyclic) bond motifs is 1. The molecule has 1 heterocycles. The lowest BCUT2D eigenvalue weighted by atomic mass is 10.1. The first kappa shape index (κ1) is 9.02. The maximum Gasteiger partial charge on any atom is 0.337 e. The molecule has 1 aromatic carbocycles. The van der Waals surface area contributed by atoms with Crippen LogP contribution in [0.3, 0.4) is 0 Å². The van der Waals surface area contributed by atoms with Crippen LogP contribution >= 0.6 is 0 Å². The van der Waals surface area contributed by atoms with Gasteiger partial charge in [0.1, 0.15) is 6.73 Å². The number of ether oxygens (including phenoxy) is 2. The Morgan fingerprint density at radius 2 is 2.43 bits per heavy atom. The summed E-state index contributed by atoms with van der Waals surface area (Å²) in [6.07, 6.45) is 0. The van der Waals surface area contributed by atoms with Crippen molar-refractivity contribution in [2.45, 2.75) is 6.61 Å². The molecule has 4 heteroatoms. The van der Waals surface area contributed by atoms with E-state index in [-0.39, 0.29) is 5.97 Å². The predicted molar refractivity (Wildman–Crippen MR) is 51.1 cm³/mol. The molecule has 1 aromatic rings. The Balaban J connectivity index is 2.33. The zero-order valence-corrected chi connectivity index (χ0v) is 7.87. The molecule has 1 aliphatic heterocycles. The van der Waals surface area contributed by atoms with E-state index in [1.807, 2.05) is 6.07 Å². The minimum absolute atomic E-state index is 0.318. The molecule has 0 radical (unpaired) electrons. The molecule has 0 bridgehead atoms. The van der Waals surface area contributed by atoms with Crippen molar-refractivity contribution in [3.05, 3.63) is 29.3 Å². The number of hydrogen-bond acceptors (Lipinski definition) is 4. The SMILES string of the molecule is COC(=O)c1ccc2c(c1)NCOC2. The van der Waals surface area contributed by atoms with Gasteiger partial charge in [-0.3, -0.25) is 0 Å². The van der Waals surface area contributed by atoms with Gasteiger partial charge in [-0.25, -0.2) is 4.79 Å². The summed E-state index contributed by atoms with van der Waals surface area (Å²) < 4.78 is 9.82. The highest BCUT2D eigenvalue weighted by Crippen LogP contribution is 2.22. The van der Waals surface area contributed by atoms with Crippen molar-refractivity contribution in [1.29, 1.82) is 0 Å². The van der Waals surface area contributed by atoms with Gasteiger partial charge in [0.05, 0.1) is 19.3 Å². The van der Waals surface area contributed by atoms with Gasteiger partial charge < -0.3 is 14.8 Å². The normalized spacial score (nSPS) is 14.1. The third-order valence-corrected chi connectivity index (χ3v) is 2.15. The van der Waals surface area contributed by atoms with Gasteiger partial charge in [-0.2, -0.15) is 0 Å². The third kappa shape index (κ3) is 1.56. The molecule has 74 valence electrons. The van der Waals surface area contributed by atoms with Crippen molar-refractivity contribution in [2.24, 2.45) is 0 Å². The van der Waals surface area contributed by atoms with Gasteiger partial charge in [0.25, 0.3) is 0 Å². The smallest absolute Gasteiger partial charge is 0.337 e. The zero-order valence-electron chi connectivity index (χ0n) is 7.87. The Bertz CT molecular complexity index is 362. The van der Waals surface area contributed by atoms with Crippen LogP contribution in [0, 0.1) is 0 Å². The molecule has 0 aliphatic carbocycles. The second-order valence-corrected chi connectivity index (χ2v) is 3.03. The number of carbonyl (C=O) groups excluding carboxylic acids is 1. The number of esters is 1. The lowest BCUT2D eigenvalue weighted by Crippen LogP contribution is -2.15. The number of hydrogen-bond donors (Lipinski definition) is 1. The highest BCUT2D eigenvalue weighted by atomic mass is 16.5. The van der Waals surface area contributed by atoms with Crippen LogP contribution in [0.4, 0.5) is 5.69 Å². The average Bonchev–Trinajstić information content (AvgIpc) is 2.27. The summed E-state index contributed by atoms with van der Waals surface area (Å²) in [6.45, 7) is 1.07. The van der Waals surface area contributed by atoms with E-state index >= 15 is 0 Å². The van der Waals surface area contributed by atoms with Crippen LogP contribution in [0.15, 0.2) is 18.2 Å². The summed E-state index contributed by atoms with van der Waals surface area (Å²) in [6, 6.07) is 5.39. The highest BCUT2D eigenvalue weighted by Gasteiger charge is 2.12. The summed E-state index contributed by atoms with van der Waals surface area (Å²) in [5.41, 5.74) is 2.56. The van der Waals surface area contributed by atoms with E-state index in [1.165, 1.54) is 7.11 Å². The number of anilines is 1. The Kier molecular flexibility index (Phi) is 2.37. The van der Waals surface area contributed by atoms with Gasteiger partial charge in [0.15, 0.2) is 0 Å². The van der Waals surface area contributed by atoms with Crippen LogP contribution in [-0.2, 0) is 16.1 Å².